The second-order valence-corrected chi connectivity index (χ2v) is 11.1. The molecule has 0 unspecified atom stereocenters. The SMILES string of the molecule is CCCCOc1ccc(/C=C/c2nc3s/c(=C\c4cn(-c5ccc([N+](=O)[O-])cc5)nc4-c4ccccc4)c(=O)n3n2)cc1OC. The number of unbranched alkanes of at least 4 members (excludes halogenated alkanes) is 1. The van der Waals surface area contributed by atoms with Crippen LogP contribution < -0.4 is 19.6 Å². The molecule has 0 amide bonds. The van der Waals surface area contributed by atoms with E-state index in [1.165, 1.54) is 28.0 Å². The number of hydrogen-bond donors (Lipinski definition) is 0. The first kappa shape index (κ1) is 29.5. The first-order valence-corrected chi connectivity index (χ1v) is 15.1. The first-order valence-electron chi connectivity index (χ1n) is 14.2. The molecule has 6 aromatic rings. The van der Waals surface area contributed by atoms with Gasteiger partial charge in [-0.05, 0) is 48.4 Å². The Hall–Kier alpha value is -5.62. The van der Waals surface area contributed by atoms with Crippen LogP contribution in [0.4, 0.5) is 5.69 Å². The van der Waals surface area contributed by atoms with E-state index in [-0.39, 0.29) is 11.2 Å². The molecule has 0 saturated carbocycles. The molecule has 0 fully saturated rings. The molecule has 45 heavy (non-hydrogen) atoms. The number of ether oxygens (including phenoxy) is 2. The van der Waals surface area contributed by atoms with Crippen LogP contribution in [-0.4, -0.2) is 43.0 Å². The van der Waals surface area contributed by atoms with Gasteiger partial charge < -0.3 is 9.47 Å². The normalized spacial score (nSPS) is 11.9. The minimum atomic E-state index is -0.446. The van der Waals surface area contributed by atoms with Crippen molar-refractivity contribution in [3.63, 3.8) is 0 Å². The lowest BCUT2D eigenvalue weighted by Crippen LogP contribution is -2.23. The second kappa shape index (κ2) is 12.9. The summed E-state index contributed by atoms with van der Waals surface area (Å²) in [7, 11) is 1.61. The molecule has 3 aromatic heterocycles. The van der Waals surface area contributed by atoms with Gasteiger partial charge in [-0.15, -0.1) is 5.10 Å². The van der Waals surface area contributed by atoms with Gasteiger partial charge in [0.05, 0.1) is 34.6 Å². The van der Waals surface area contributed by atoms with Crippen LogP contribution in [0, 0.1) is 10.1 Å². The summed E-state index contributed by atoms with van der Waals surface area (Å²) in [6, 6.07) is 21.4. The lowest BCUT2D eigenvalue weighted by atomic mass is 10.1. The van der Waals surface area contributed by atoms with Crippen molar-refractivity contribution in [3.05, 3.63) is 121 Å². The molecule has 0 aliphatic heterocycles. The van der Waals surface area contributed by atoms with Gasteiger partial charge in [0, 0.05) is 29.5 Å². The standard InChI is InChI=1S/C33H28N6O5S/c1-3-4-18-44-27-16-10-22(19-28(27)43-2)11-17-30-34-33-38(35-30)32(40)29(45-33)20-24-21-37(25-12-14-26(15-13-25)39(41)42)36-31(24)23-8-6-5-7-9-23/h5-17,19-21H,3-4,18H2,1-2H3/b17-11+,29-20-. The molecule has 12 heteroatoms. The maximum atomic E-state index is 13.4. The van der Waals surface area contributed by atoms with Crippen molar-refractivity contribution >= 4 is 40.2 Å². The molecule has 0 radical (unpaired) electrons. The van der Waals surface area contributed by atoms with Crippen molar-refractivity contribution in [1.82, 2.24) is 24.4 Å². The molecule has 0 N–H and O–H groups in total. The Bertz CT molecular complexity index is 2120. The van der Waals surface area contributed by atoms with E-state index < -0.39 is 4.92 Å². The Morgan fingerprint density at radius 1 is 1.00 bits per heavy atom. The molecule has 0 saturated heterocycles. The first-order chi connectivity index (χ1) is 21.9. The highest BCUT2D eigenvalue weighted by Crippen LogP contribution is 2.29. The number of nitro benzene ring substituents is 1. The summed E-state index contributed by atoms with van der Waals surface area (Å²) in [4.78, 5) is 29.0. The van der Waals surface area contributed by atoms with Crippen molar-refractivity contribution in [2.75, 3.05) is 13.7 Å². The van der Waals surface area contributed by atoms with Crippen molar-refractivity contribution < 1.29 is 14.4 Å². The van der Waals surface area contributed by atoms with Crippen LogP contribution in [0.25, 0.3) is 40.1 Å². The highest BCUT2D eigenvalue weighted by molar-refractivity contribution is 7.15. The van der Waals surface area contributed by atoms with Crippen LogP contribution in [0.5, 0.6) is 11.5 Å². The number of non-ortho nitro benzene ring substituents is 1. The van der Waals surface area contributed by atoms with Crippen LogP contribution >= 0.6 is 11.3 Å². The van der Waals surface area contributed by atoms with Gasteiger partial charge in [-0.2, -0.15) is 14.6 Å². The summed E-state index contributed by atoms with van der Waals surface area (Å²) in [5, 5.41) is 20.3. The number of rotatable bonds is 11. The van der Waals surface area contributed by atoms with E-state index in [1.54, 1.807) is 42.3 Å². The third-order valence-electron chi connectivity index (χ3n) is 6.97. The predicted molar refractivity (Wildman–Crippen MR) is 174 cm³/mol. The summed E-state index contributed by atoms with van der Waals surface area (Å²) >= 11 is 1.23. The molecule has 0 atom stereocenters. The largest absolute Gasteiger partial charge is 0.493 e. The van der Waals surface area contributed by atoms with Crippen LogP contribution in [-0.2, 0) is 0 Å². The molecule has 0 aliphatic carbocycles. The number of methoxy groups -OCH3 is 1. The quantitative estimate of drug-likeness (QED) is 0.101. The van der Waals surface area contributed by atoms with Crippen LogP contribution in [0.1, 0.15) is 36.7 Å². The number of hydrogen-bond acceptors (Lipinski definition) is 9. The van der Waals surface area contributed by atoms with Gasteiger partial charge in [-0.25, -0.2) is 4.68 Å². The lowest BCUT2D eigenvalue weighted by molar-refractivity contribution is -0.384. The van der Waals surface area contributed by atoms with Gasteiger partial charge in [0.2, 0.25) is 4.96 Å². The Morgan fingerprint density at radius 3 is 2.51 bits per heavy atom. The predicted octanol–water partition coefficient (Wildman–Crippen LogP) is 5.82. The van der Waals surface area contributed by atoms with Gasteiger partial charge in [-0.1, -0.05) is 67.2 Å². The van der Waals surface area contributed by atoms with E-state index in [9.17, 15) is 14.9 Å². The highest BCUT2D eigenvalue weighted by atomic mass is 32.1. The fourth-order valence-corrected chi connectivity index (χ4v) is 5.54. The minimum Gasteiger partial charge on any atom is -0.493 e. The summed E-state index contributed by atoms with van der Waals surface area (Å²) < 4.78 is 14.7. The fourth-order valence-electron chi connectivity index (χ4n) is 4.64. The third-order valence-corrected chi connectivity index (χ3v) is 7.93. The Balaban J connectivity index is 1.30. The number of thiazole rings is 1. The van der Waals surface area contributed by atoms with Gasteiger partial charge in [0.25, 0.3) is 11.2 Å². The zero-order valence-corrected chi connectivity index (χ0v) is 25.3. The highest BCUT2D eigenvalue weighted by Gasteiger charge is 2.15. The molecular formula is C33H28N6O5S. The molecule has 0 bridgehead atoms. The number of benzene rings is 3. The summed E-state index contributed by atoms with van der Waals surface area (Å²) in [6.07, 6.45) is 9.18. The third kappa shape index (κ3) is 6.36. The maximum absolute atomic E-state index is 13.4. The van der Waals surface area contributed by atoms with E-state index in [2.05, 4.69) is 17.0 Å². The number of fused-ring (bicyclic) bond motifs is 1. The summed E-state index contributed by atoms with van der Waals surface area (Å²) in [5.74, 6) is 1.74. The minimum absolute atomic E-state index is 0.00865. The van der Waals surface area contributed by atoms with E-state index in [0.717, 1.165) is 24.0 Å². The van der Waals surface area contributed by atoms with Gasteiger partial charge in [0.15, 0.2) is 17.3 Å². The van der Waals surface area contributed by atoms with E-state index in [0.29, 0.717) is 50.4 Å². The molecule has 3 aromatic carbocycles. The van der Waals surface area contributed by atoms with E-state index in [4.69, 9.17) is 14.6 Å². The monoisotopic (exact) mass is 620 g/mol. The lowest BCUT2D eigenvalue weighted by Gasteiger charge is -2.10. The fraction of sp³-hybridized carbons (Fsp3) is 0.152. The molecule has 11 nitrogen and oxygen atoms in total. The van der Waals surface area contributed by atoms with Gasteiger partial charge in [-0.3, -0.25) is 14.9 Å². The van der Waals surface area contributed by atoms with Crippen LogP contribution in [0.15, 0.2) is 83.8 Å². The summed E-state index contributed by atoms with van der Waals surface area (Å²) in [5.41, 5.74) is 3.45. The summed E-state index contributed by atoms with van der Waals surface area (Å²) in [6.45, 7) is 2.74. The molecule has 6 rings (SSSR count). The van der Waals surface area contributed by atoms with Gasteiger partial charge >= 0.3 is 0 Å². The molecule has 0 spiro atoms. The van der Waals surface area contributed by atoms with E-state index in [1.807, 2.05) is 54.6 Å². The average Bonchev–Trinajstić information content (AvgIpc) is 3.75. The topological polar surface area (TPSA) is 127 Å². The number of aromatic nitrogens is 5. The second-order valence-electron chi connectivity index (χ2n) is 10.0. The zero-order valence-electron chi connectivity index (χ0n) is 24.5. The van der Waals surface area contributed by atoms with Crippen molar-refractivity contribution in [1.29, 1.82) is 0 Å². The molecular weight excluding hydrogens is 592 g/mol. The molecule has 3 heterocycles. The Kier molecular flexibility index (Phi) is 8.47. The van der Waals surface area contributed by atoms with E-state index >= 15 is 0 Å². The zero-order chi connectivity index (χ0) is 31.3. The number of nitro groups is 1. The van der Waals surface area contributed by atoms with Crippen molar-refractivity contribution in [2.45, 2.75) is 19.8 Å². The van der Waals surface area contributed by atoms with Crippen molar-refractivity contribution in [3.8, 4) is 28.4 Å². The smallest absolute Gasteiger partial charge is 0.291 e. The Labute approximate surface area is 261 Å². The number of nitrogens with zero attached hydrogens (tertiary/aromatic N) is 6. The molecule has 226 valence electrons. The average molecular weight is 621 g/mol. The van der Waals surface area contributed by atoms with Crippen LogP contribution in [0.2, 0.25) is 0 Å². The maximum Gasteiger partial charge on any atom is 0.291 e. The Morgan fingerprint density at radius 2 is 1.80 bits per heavy atom. The van der Waals surface area contributed by atoms with Crippen molar-refractivity contribution in [2.24, 2.45) is 0 Å². The van der Waals surface area contributed by atoms with Crippen LogP contribution in [0.3, 0.4) is 0 Å². The van der Waals surface area contributed by atoms with Gasteiger partial charge in [0.1, 0.15) is 0 Å². The molecule has 0 aliphatic rings.